The molecule has 1 saturated heterocycles. The van der Waals surface area contributed by atoms with Crippen LogP contribution in [0.25, 0.3) is 0 Å². The van der Waals surface area contributed by atoms with Crippen LogP contribution in [0.2, 0.25) is 0 Å². The fraction of sp³-hybridized carbons (Fsp3) is 0.857. The molecule has 1 aliphatic heterocycles. The molecule has 0 amide bonds. The largest absolute Gasteiger partial charge is 0.409 e. The molecule has 7 nitrogen and oxygen atoms in total. The van der Waals surface area contributed by atoms with E-state index < -0.39 is 16.3 Å². The Morgan fingerprint density at radius 1 is 1.60 bits per heavy atom. The molecule has 4 N–H and O–H groups in total. The second-order valence-corrected chi connectivity index (χ2v) is 5.18. The summed E-state index contributed by atoms with van der Waals surface area (Å²) in [6, 6.07) is -0.541. The highest BCUT2D eigenvalue weighted by atomic mass is 32.2. The molecule has 15 heavy (non-hydrogen) atoms. The van der Waals surface area contributed by atoms with Gasteiger partial charge in [-0.3, -0.25) is 0 Å². The van der Waals surface area contributed by atoms with Gasteiger partial charge in [-0.2, -0.15) is 12.7 Å². The Balaban J connectivity index is 2.93. The van der Waals surface area contributed by atoms with E-state index in [0.29, 0.717) is 13.0 Å². The summed E-state index contributed by atoms with van der Waals surface area (Å²) in [6.07, 6.45) is 2.24. The lowest BCUT2D eigenvalue weighted by molar-refractivity contribution is 0.279. The summed E-state index contributed by atoms with van der Waals surface area (Å²) in [4.78, 5) is 0. The zero-order valence-electron chi connectivity index (χ0n) is 8.55. The van der Waals surface area contributed by atoms with Crippen molar-refractivity contribution in [2.45, 2.75) is 25.3 Å². The summed E-state index contributed by atoms with van der Waals surface area (Å²) in [7, 11) is -2.17. The predicted octanol–water partition coefficient (Wildman–Crippen LogP) is -0.948. The zero-order chi connectivity index (χ0) is 11.5. The van der Waals surface area contributed by atoms with Crippen molar-refractivity contribution in [1.29, 1.82) is 0 Å². The molecule has 1 atom stereocenters. The average molecular weight is 236 g/mol. The van der Waals surface area contributed by atoms with Crippen molar-refractivity contribution in [2.24, 2.45) is 10.9 Å². The highest BCUT2D eigenvalue weighted by Gasteiger charge is 2.33. The van der Waals surface area contributed by atoms with Crippen LogP contribution in [0.15, 0.2) is 5.16 Å². The van der Waals surface area contributed by atoms with Crippen molar-refractivity contribution in [3.8, 4) is 0 Å². The molecule has 0 aromatic carbocycles. The number of nitrogens with zero attached hydrogens (tertiary/aromatic N) is 2. The van der Waals surface area contributed by atoms with E-state index >= 15 is 0 Å². The smallest absolute Gasteiger partial charge is 0.279 e. The number of nitrogens with two attached hydrogens (primary N) is 1. The first-order valence-electron chi connectivity index (χ1n) is 4.70. The minimum absolute atomic E-state index is 0.0616. The summed E-state index contributed by atoms with van der Waals surface area (Å²) in [5.41, 5.74) is 5.46. The third kappa shape index (κ3) is 2.58. The van der Waals surface area contributed by atoms with E-state index in [1.54, 1.807) is 0 Å². The summed E-state index contributed by atoms with van der Waals surface area (Å²) in [6.45, 7) is 0.393. The normalized spacial score (nSPS) is 25.4. The number of rotatable bonds is 3. The van der Waals surface area contributed by atoms with Crippen LogP contribution in [0.4, 0.5) is 0 Å². The van der Waals surface area contributed by atoms with E-state index in [9.17, 15) is 8.42 Å². The van der Waals surface area contributed by atoms with Crippen molar-refractivity contribution < 1.29 is 13.6 Å². The quantitative estimate of drug-likeness (QED) is 0.254. The van der Waals surface area contributed by atoms with Crippen LogP contribution in [0, 0.1) is 0 Å². The Morgan fingerprint density at radius 3 is 2.80 bits per heavy atom. The van der Waals surface area contributed by atoms with Gasteiger partial charge in [-0.05, 0) is 12.8 Å². The van der Waals surface area contributed by atoms with Gasteiger partial charge in [-0.25, -0.2) is 4.72 Å². The van der Waals surface area contributed by atoms with Crippen molar-refractivity contribution in [1.82, 2.24) is 9.03 Å². The third-order valence-electron chi connectivity index (χ3n) is 2.48. The van der Waals surface area contributed by atoms with Crippen LogP contribution in [-0.4, -0.2) is 43.4 Å². The Morgan fingerprint density at radius 2 is 2.27 bits per heavy atom. The second-order valence-electron chi connectivity index (χ2n) is 3.36. The minimum Gasteiger partial charge on any atom is -0.409 e. The molecule has 1 heterocycles. The molecule has 0 saturated carbocycles. The van der Waals surface area contributed by atoms with Gasteiger partial charge in [0.25, 0.3) is 10.2 Å². The maximum absolute atomic E-state index is 11.6. The molecule has 1 rings (SSSR count). The van der Waals surface area contributed by atoms with E-state index in [4.69, 9.17) is 10.9 Å². The molecular formula is C7H16N4O3S. The van der Waals surface area contributed by atoms with E-state index in [1.165, 1.54) is 11.4 Å². The number of oxime groups is 1. The first-order chi connectivity index (χ1) is 7.03. The average Bonchev–Trinajstić information content (AvgIpc) is 2.28. The fourth-order valence-corrected chi connectivity index (χ4v) is 2.82. The van der Waals surface area contributed by atoms with Crippen LogP contribution < -0.4 is 10.5 Å². The van der Waals surface area contributed by atoms with Gasteiger partial charge in [0, 0.05) is 13.6 Å². The number of piperidine rings is 1. The first kappa shape index (κ1) is 12.2. The molecular weight excluding hydrogens is 220 g/mol. The van der Waals surface area contributed by atoms with Crippen LogP contribution in [0.5, 0.6) is 0 Å². The lowest BCUT2D eigenvalue weighted by atomic mass is 10.0. The summed E-state index contributed by atoms with van der Waals surface area (Å²) < 4.78 is 26.7. The molecule has 1 fully saturated rings. The summed E-state index contributed by atoms with van der Waals surface area (Å²) >= 11 is 0. The molecule has 0 aliphatic carbocycles. The van der Waals surface area contributed by atoms with Gasteiger partial charge in [0.1, 0.15) is 0 Å². The van der Waals surface area contributed by atoms with Crippen molar-refractivity contribution >= 4 is 16.0 Å². The topological polar surface area (TPSA) is 108 Å². The highest BCUT2D eigenvalue weighted by Crippen LogP contribution is 2.19. The van der Waals surface area contributed by atoms with Crippen LogP contribution in [0.1, 0.15) is 19.3 Å². The molecule has 0 aromatic rings. The Kier molecular flexibility index (Phi) is 3.89. The Bertz CT molecular complexity index is 340. The Labute approximate surface area is 89.1 Å². The van der Waals surface area contributed by atoms with E-state index in [2.05, 4.69) is 9.88 Å². The second kappa shape index (κ2) is 4.77. The number of hydrogen-bond donors (Lipinski definition) is 3. The van der Waals surface area contributed by atoms with Gasteiger partial charge in [-0.1, -0.05) is 11.6 Å². The molecule has 0 radical (unpaired) electrons. The monoisotopic (exact) mass is 236 g/mol. The van der Waals surface area contributed by atoms with Crippen molar-refractivity contribution in [3.05, 3.63) is 0 Å². The van der Waals surface area contributed by atoms with E-state index in [0.717, 1.165) is 12.8 Å². The standard InChI is InChI=1S/C7H16N4O3S/c1-9-15(13,14)11-5-3-2-4-6(11)7(8)10-12/h6,9,12H,2-5H2,1H3,(H2,8,10). The summed E-state index contributed by atoms with van der Waals surface area (Å²) in [5.74, 6) is -0.0616. The van der Waals surface area contributed by atoms with Gasteiger partial charge in [0.2, 0.25) is 0 Å². The third-order valence-corrected chi connectivity index (χ3v) is 4.05. The van der Waals surface area contributed by atoms with Crippen molar-refractivity contribution in [3.63, 3.8) is 0 Å². The lowest BCUT2D eigenvalue weighted by Gasteiger charge is -2.33. The minimum atomic E-state index is -3.51. The van der Waals surface area contributed by atoms with Gasteiger partial charge < -0.3 is 10.9 Å². The molecule has 8 heteroatoms. The van der Waals surface area contributed by atoms with Crippen molar-refractivity contribution in [2.75, 3.05) is 13.6 Å². The zero-order valence-corrected chi connectivity index (χ0v) is 9.37. The van der Waals surface area contributed by atoms with Crippen LogP contribution >= 0.6 is 0 Å². The van der Waals surface area contributed by atoms with Gasteiger partial charge in [-0.15, -0.1) is 0 Å². The lowest BCUT2D eigenvalue weighted by Crippen LogP contribution is -2.53. The molecule has 0 bridgehead atoms. The van der Waals surface area contributed by atoms with Gasteiger partial charge in [0.15, 0.2) is 5.84 Å². The number of nitrogens with one attached hydrogen (secondary N) is 1. The fourth-order valence-electron chi connectivity index (χ4n) is 1.67. The molecule has 88 valence electrons. The van der Waals surface area contributed by atoms with E-state index in [1.807, 2.05) is 0 Å². The van der Waals surface area contributed by atoms with Gasteiger partial charge in [0.05, 0.1) is 6.04 Å². The molecule has 0 aromatic heterocycles. The number of hydrogen-bond acceptors (Lipinski definition) is 4. The summed E-state index contributed by atoms with van der Waals surface area (Å²) in [5, 5.41) is 11.4. The number of amidine groups is 1. The maximum Gasteiger partial charge on any atom is 0.279 e. The predicted molar refractivity (Wildman–Crippen MR) is 55.7 cm³/mol. The van der Waals surface area contributed by atoms with Crippen LogP contribution in [0.3, 0.4) is 0 Å². The highest BCUT2D eigenvalue weighted by molar-refractivity contribution is 7.87. The molecule has 1 unspecified atom stereocenters. The maximum atomic E-state index is 11.6. The van der Waals surface area contributed by atoms with E-state index in [-0.39, 0.29) is 5.84 Å². The van der Waals surface area contributed by atoms with Gasteiger partial charge >= 0.3 is 0 Å². The van der Waals surface area contributed by atoms with Crippen LogP contribution in [-0.2, 0) is 10.2 Å². The SMILES string of the molecule is CNS(=O)(=O)N1CCCCC1C(N)=NO. The Hall–Kier alpha value is -0.860. The molecule has 1 aliphatic rings. The first-order valence-corrected chi connectivity index (χ1v) is 6.14. The molecule has 0 spiro atoms.